The molecular formula is C40H31N3S. The molecule has 0 amide bonds. The second-order valence-corrected chi connectivity index (χ2v) is 12.0. The fourth-order valence-corrected chi connectivity index (χ4v) is 6.39. The van der Waals surface area contributed by atoms with E-state index in [1.54, 1.807) is 11.3 Å². The molecule has 0 fully saturated rings. The zero-order chi connectivity index (χ0) is 29.9. The number of thiophene rings is 1. The maximum absolute atomic E-state index is 4.62. The maximum Gasteiger partial charge on any atom is 0.0702 e. The van der Waals surface area contributed by atoms with E-state index in [9.17, 15) is 0 Å². The van der Waals surface area contributed by atoms with Gasteiger partial charge in [0, 0.05) is 50.3 Å². The smallest absolute Gasteiger partial charge is 0.0702 e. The maximum atomic E-state index is 4.62. The van der Waals surface area contributed by atoms with E-state index >= 15 is 0 Å². The Morgan fingerprint density at radius 3 is 1.32 bits per heavy atom. The number of benzene rings is 4. The third-order valence-corrected chi connectivity index (χ3v) is 8.92. The molecule has 3 aromatic heterocycles. The van der Waals surface area contributed by atoms with Gasteiger partial charge in [-0.05, 0) is 116 Å². The summed E-state index contributed by atoms with van der Waals surface area (Å²) in [5.41, 5.74) is 12.3. The molecule has 0 saturated carbocycles. The van der Waals surface area contributed by atoms with Crippen molar-refractivity contribution >= 4 is 28.4 Å². The van der Waals surface area contributed by atoms with E-state index in [0.717, 1.165) is 45.1 Å². The third-order valence-electron chi connectivity index (χ3n) is 7.74. The molecule has 0 spiro atoms. The molecule has 0 radical (unpaired) electrons. The van der Waals surface area contributed by atoms with E-state index in [2.05, 4.69) is 144 Å². The highest BCUT2D eigenvalue weighted by molar-refractivity contribution is 7.18. The van der Waals surface area contributed by atoms with Crippen LogP contribution in [-0.2, 0) is 0 Å². The molecule has 3 heterocycles. The molecule has 212 valence electrons. The van der Waals surface area contributed by atoms with E-state index < -0.39 is 0 Å². The molecule has 4 heteroatoms. The van der Waals surface area contributed by atoms with Crippen molar-refractivity contribution in [2.24, 2.45) is 0 Å². The minimum atomic E-state index is 0.950. The van der Waals surface area contributed by atoms with Gasteiger partial charge in [-0.1, -0.05) is 59.7 Å². The minimum absolute atomic E-state index is 0.950. The van der Waals surface area contributed by atoms with E-state index in [-0.39, 0.29) is 0 Å². The monoisotopic (exact) mass is 585 g/mol. The van der Waals surface area contributed by atoms with Crippen molar-refractivity contribution in [3.05, 3.63) is 163 Å². The average Bonchev–Trinajstić information content (AvgIpc) is 3.58. The average molecular weight is 586 g/mol. The lowest BCUT2D eigenvalue weighted by atomic mass is 10.00. The molecule has 0 aliphatic carbocycles. The summed E-state index contributed by atoms with van der Waals surface area (Å²) in [6.45, 7) is 4.25. The Balaban J connectivity index is 1.23. The predicted octanol–water partition coefficient (Wildman–Crippen LogP) is 11.3. The van der Waals surface area contributed by atoms with Crippen molar-refractivity contribution in [3.8, 4) is 43.4 Å². The van der Waals surface area contributed by atoms with Gasteiger partial charge < -0.3 is 4.90 Å². The Kier molecular flexibility index (Phi) is 7.58. The number of pyridine rings is 2. The normalized spacial score (nSPS) is 11.0. The number of nitrogens with zero attached hydrogens (tertiary/aromatic N) is 3. The van der Waals surface area contributed by atoms with E-state index in [1.807, 2.05) is 36.7 Å². The van der Waals surface area contributed by atoms with Crippen LogP contribution in [0.25, 0.3) is 43.4 Å². The van der Waals surface area contributed by atoms with Crippen LogP contribution in [0.5, 0.6) is 0 Å². The molecule has 4 aromatic carbocycles. The quantitative estimate of drug-likeness (QED) is 0.186. The van der Waals surface area contributed by atoms with Crippen LogP contribution in [-0.4, -0.2) is 9.97 Å². The first-order chi connectivity index (χ1) is 21.6. The molecule has 44 heavy (non-hydrogen) atoms. The van der Waals surface area contributed by atoms with Gasteiger partial charge in [0.05, 0.1) is 11.4 Å². The van der Waals surface area contributed by atoms with Gasteiger partial charge >= 0.3 is 0 Å². The van der Waals surface area contributed by atoms with Crippen molar-refractivity contribution in [1.29, 1.82) is 0 Å². The van der Waals surface area contributed by atoms with Gasteiger partial charge in [0.1, 0.15) is 0 Å². The molecule has 0 bridgehead atoms. The van der Waals surface area contributed by atoms with Crippen LogP contribution in [0.3, 0.4) is 0 Å². The molecular weight excluding hydrogens is 555 g/mol. The first-order valence-electron chi connectivity index (χ1n) is 14.7. The van der Waals surface area contributed by atoms with Gasteiger partial charge in [-0.25, -0.2) is 0 Å². The molecule has 7 rings (SSSR count). The Labute approximate surface area is 262 Å². The second kappa shape index (κ2) is 12.1. The summed E-state index contributed by atoms with van der Waals surface area (Å²) in [7, 11) is 0. The standard InChI is InChI=1S/C40H31N3S/c1-28-9-15-34(16-10-28)43(35-17-11-29(2)12-18-35)36-19-13-30(14-20-36)39-21-22-40(44-39)33-26-31(37-7-3-5-23-41-37)25-32(27-33)38-8-4-6-24-42-38/h3-27H,1-2H3. The van der Waals surface area contributed by atoms with Crippen LogP contribution in [0.2, 0.25) is 0 Å². The van der Waals surface area contributed by atoms with Crippen LogP contribution >= 0.6 is 11.3 Å². The molecule has 0 N–H and O–H groups in total. The summed E-state index contributed by atoms with van der Waals surface area (Å²) >= 11 is 1.80. The van der Waals surface area contributed by atoms with Gasteiger partial charge in [-0.3, -0.25) is 9.97 Å². The molecule has 7 aromatic rings. The van der Waals surface area contributed by atoms with Crippen LogP contribution < -0.4 is 4.90 Å². The van der Waals surface area contributed by atoms with Gasteiger partial charge in [-0.2, -0.15) is 0 Å². The Bertz CT molecular complexity index is 1890. The Morgan fingerprint density at radius 1 is 0.432 bits per heavy atom. The first-order valence-corrected chi connectivity index (χ1v) is 15.5. The summed E-state index contributed by atoms with van der Waals surface area (Å²) in [5, 5.41) is 0. The molecule has 3 nitrogen and oxygen atoms in total. The molecule has 0 saturated heterocycles. The largest absolute Gasteiger partial charge is 0.311 e. The van der Waals surface area contributed by atoms with Crippen molar-refractivity contribution in [1.82, 2.24) is 9.97 Å². The number of hydrogen-bond acceptors (Lipinski definition) is 4. The number of anilines is 3. The highest BCUT2D eigenvalue weighted by Gasteiger charge is 2.14. The Hall–Kier alpha value is -5.32. The SMILES string of the molecule is Cc1ccc(N(c2ccc(C)cc2)c2ccc(-c3ccc(-c4cc(-c5ccccn5)cc(-c5ccccn5)c4)s3)cc2)cc1. The molecule has 0 aliphatic heterocycles. The van der Waals surface area contributed by atoms with E-state index in [1.165, 1.54) is 26.4 Å². The van der Waals surface area contributed by atoms with Crippen LogP contribution in [0.1, 0.15) is 11.1 Å². The lowest BCUT2D eigenvalue weighted by molar-refractivity contribution is 1.27. The Morgan fingerprint density at radius 2 is 0.864 bits per heavy atom. The summed E-state index contributed by atoms with van der Waals surface area (Å²) in [5.74, 6) is 0. The van der Waals surface area contributed by atoms with Crippen LogP contribution in [0, 0.1) is 13.8 Å². The molecule has 0 unspecified atom stereocenters. The molecule has 0 atom stereocenters. The lowest BCUT2D eigenvalue weighted by Gasteiger charge is -2.26. The van der Waals surface area contributed by atoms with Crippen molar-refractivity contribution in [2.75, 3.05) is 4.90 Å². The van der Waals surface area contributed by atoms with Crippen molar-refractivity contribution in [2.45, 2.75) is 13.8 Å². The van der Waals surface area contributed by atoms with E-state index in [0.29, 0.717) is 0 Å². The summed E-state index contributed by atoms with van der Waals surface area (Å²) in [4.78, 5) is 14.0. The van der Waals surface area contributed by atoms with Gasteiger partial charge in [0.25, 0.3) is 0 Å². The summed E-state index contributed by atoms with van der Waals surface area (Å²) in [6.07, 6.45) is 3.68. The number of hydrogen-bond donors (Lipinski definition) is 0. The van der Waals surface area contributed by atoms with Crippen molar-refractivity contribution in [3.63, 3.8) is 0 Å². The number of aryl methyl sites for hydroxylation is 2. The third kappa shape index (κ3) is 5.81. The zero-order valence-electron chi connectivity index (χ0n) is 24.7. The van der Waals surface area contributed by atoms with Gasteiger partial charge in [-0.15, -0.1) is 11.3 Å². The van der Waals surface area contributed by atoms with Crippen LogP contribution in [0.15, 0.2) is 152 Å². The number of aromatic nitrogens is 2. The van der Waals surface area contributed by atoms with Crippen molar-refractivity contribution < 1.29 is 0 Å². The van der Waals surface area contributed by atoms with Crippen LogP contribution in [0.4, 0.5) is 17.1 Å². The highest BCUT2D eigenvalue weighted by Crippen LogP contribution is 2.40. The predicted molar refractivity (Wildman–Crippen MR) is 186 cm³/mol. The summed E-state index contributed by atoms with van der Waals surface area (Å²) < 4.78 is 0. The van der Waals surface area contributed by atoms with Gasteiger partial charge in [0.2, 0.25) is 0 Å². The fourth-order valence-electron chi connectivity index (χ4n) is 5.39. The summed E-state index contributed by atoms with van der Waals surface area (Å²) in [6, 6.07) is 49.5. The highest BCUT2D eigenvalue weighted by atomic mass is 32.1. The lowest BCUT2D eigenvalue weighted by Crippen LogP contribution is -2.09. The van der Waals surface area contributed by atoms with Gasteiger partial charge in [0.15, 0.2) is 0 Å². The topological polar surface area (TPSA) is 29.0 Å². The minimum Gasteiger partial charge on any atom is -0.311 e. The van der Waals surface area contributed by atoms with E-state index in [4.69, 9.17) is 0 Å². The molecule has 0 aliphatic rings. The fraction of sp³-hybridized carbons (Fsp3) is 0.0500. The first kappa shape index (κ1) is 27.5. The second-order valence-electron chi connectivity index (χ2n) is 10.9. The zero-order valence-corrected chi connectivity index (χ0v) is 25.5. The number of rotatable bonds is 7.